The van der Waals surface area contributed by atoms with Crippen LogP contribution in [0.4, 0.5) is 5.95 Å². The number of hydrogen-bond acceptors (Lipinski definition) is 5. The zero-order valence-corrected chi connectivity index (χ0v) is 8.78. The van der Waals surface area contributed by atoms with Crippen molar-refractivity contribution in [2.45, 2.75) is 6.92 Å². The summed E-state index contributed by atoms with van der Waals surface area (Å²) in [5.74, 6) is 1.08. The Labute approximate surface area is 88.1 Å². The second kappa shape index (κ2) is 5.79. The summed E-state index contributed by atoms with van der Waals surface area (Å²) in [5, 5.41) is 5.62. The Kier molecular flexibility index (Phi) is 4.33. The molecule has 15 heavy (non-hydrogen) atoms. The average molecular weight is 210 g/mol. The number of hydrogen-bond donors (Lipinski definition) is 2. The van der Waals surface area contributed by atoms with Crippen molar-refractivity contribution in [1.82, 2.24) is 15.3 Å². The maximum atomic E-state index is 10.6. The molecule has 6 heteroatoms. The van der Waals surface area contributed by atoms with Gasteiger partial charge in [-0.3, -0.25) is 4.79 Å². The fourth-order valence-corrected chi connectivity index (χ4v) is 0.926. The number of nitrogens with zero attached hydrogens (tertiary/aromatic N) is 2. The first-order valence-corrected chi connectivity index (χ1v) is 4.56. The maximum absolute atomic E-state index is 10.6. The van der Waals surface area contributed by atoms with Gasteiger partial charge >= 0.3 is 0 Å². The molecule has 0 aliphatic heterocycles. The fourth-order valence-electron chi connectivity index (χ4n) is 0.926. The van der Waals surface area contributed by atoms with E-state index in [4.69, 9.17) is 4.74 Å². The summed E-state index contributed by atoms with van der Waals surface area (Å²) in [5.41, 5.74) is 0. The molecule has 0 aliphatic carbocycles. The quantitative estimate of drug-likeness (QED) is 0.671. The van der Waals surface area contributed by atoms with Crippen LogP contribution in [0.5, 0.6) is 5.75 Å². The van der Waals surface area contributed by atoms with Gasteiger partial charge in [0.25, 0.3) is 0 Å². The van der Waals surface area contributed by atoms with E-state index < -0.39 is 0 Å². The molecule has 6 nitrogen and oxygen atoms in total. The molecule has 1 heterocycles. The fraction of sp³-hybridized carbons (Fsp3) is 0.444. The molecular formula is C9H14N4O2. The number of nitrogens with one attached hydrogen (secondary N) is 2. The van der Waals surface area contributed by atoms with E-state index in [0.717, 1.165) is 0 Å². The molecule has 0 fully saturated rings. The van der Waals surface area contributed by atoms with Crippen LogP contribution in [0.2, 0.25) is 0 Å². The molecule has 0 radical (unpaired) electrons. The van der Waals surface area contributed by atoms with Gasteiger partial charge in [-0.2, -0.15) is 0 Å². The summed E-state index contributed by atoms with van der Waals surface area (Å²) in [7, 11) is 1.56. The first-order valence-electron chi connectivity index (χ1n) is 4.56. The van der Waals surface area contributed by atoms with E-state index in [1.165, 1.54) is 6.92 Å². The highest BCUT2D eigenvalue weighted by molar-refractivity contribution is 5.72. The van der Waals surface area contributed by atoms with Gasteiger partial charge < -0.3 is 15.4 Å². The number of rotatable bonds is 5. The van der Waals surface area contributed by atoms with Gasteiger partial charge in [-0.1, -0.05) is 0 Å². The zero-order chi connectivity index (χ0) is 11.1. The van der Waals surface area contributed by atoms with E-state index in [1.807, 2.05) is 0 Å². The zero-order valence-electron chi connectivity index (χ0n) is 8.78. The van der Waals surface area contributed by atoms with Gasteiger partial charge in [-0.05, 0) is 0 Å². The molecule has 1 amide bonds. The Hall–Kier alpha value is -1.85. The van der Waals surface area contributed by atoms with Crippen molar-refractivity contribution >= 4 is 11.9 Å². The van der Waals surface area contributed by atoms with Gasteiger partial charge in [0, 0.05) is 20.0 Å². The highest BCUT2D eigenvalue weighted by atomic mass is 16.5. The van der Waals surface area contributed by atoms with Crippen LogP contribution in [0.3, 0.4) is 0 Å². The van der Waals surface area contributed by atoms with Gasteiger partial charge in [0.1, 0.15) is 0 Å². The molecule has 82 valence electrons. The van der Waals surface area contributed by atoms with Gasteiger partial charge in [-0.15, -0.1) is 0 Å². The number of methoxy groups -OCH3 is 1. The molecule has 0 saturated carbocycles. The lowest BCUT2D eigenvalue weighted by Gasteiger charge is -2.05. The Morgan fingerprint density at radius 3 is 2.60 bits per heavy atom. The minimum absolute atomic E-state index is 0.0487. The molecule has 0 bridgehead atoms. The summed E-state index contributed by atoms with van der Waals surface area (Å²) in [6.07, 6.45) is 3.15. The van der Waals surface area contributed by atoms with Crippen molar-refractivity contribution in [2.75, 3.05) is 25.5 Å². The van der Waals surface area contributed by atoms with Gasteiger partial charge in [0.15, 0.2) is 5.75 Å². The average Bonchev–Trinajstić information content (AvgIpc) is 2.25. The number of anilines is 1. The Morgan fingerprint density at radius 2 is 2.07 bits per heavy atom. The molecule has 0 unspecified atom stereocenters. The van der Waals surface area contributed by atoms with Crippen molar-refractivity contribution in [3.63, 3.8) is 0 Å². The largest absolute Gasteiger partial charge is 0.494 e. The Morgan fingerprint density at radius 1 is 1.40 bits per heavy atom. The minimum atomic E-state index is -0.0487. The number of ether oxygens (including phenoxy) is 1. The molecule has 0 atom stereocenters. The smallest absolute Gasteiger partial charge is 0.222 e. The maximum Gasteiger partial charge on any atom is 0.222 e. The van der Waals surface area contributed by atoms with Crippen LogP contribution < -0.4 is 15.4 Å². The lowest BCUT2D eigenvalue weighted by Crippen LogP contribution is -2.26. The van der Waals surface area contributed by atoms with Crippen molar-refractivity contribution in [1.29, 1.82) is 0 Å². The second-order valence-corrected chi connectivity index (χ2v) is 2.86. The normalized spacial score (nSPS) is 9.47. The van der Waals surface area contributed by atoms with Crippen LogP contribution in [0.1, 0.15) is 6.92 Å². The van der Waals surface area contributed by atoms with Crippen molar-refractivity contribution in [3.8, 4) is 5.75 Å². The molecule has 2 N–H and O–H groups in total. The standard InChI is InChI=1S/C9H14N4O2/c1-7(14)10-3-4-11-9-12-5-8(15-2)6-13-9/h5-6H,3-4H2,1-2H3,(H,10,14)(H,11,12,13). The third kappa shape index (κ3) is 4.26. The first-order chi connectivity index (χ1) is 7.22. The highest BCUT2D eigenvalue weighted by Gasteiger charge is 1.96. The summed E-state index contributed by atoms with van der Waals surface area (Å²) in [4.78, 5) is 18.6. The van der Waals surface area contributed by atoms with E-state index in [0.29, 0.717) is 24.8 Å². The molecule has 0 saturated heterocycles. The SMILES string of the molecule is COc1cnc(NCCNC(C)=O)nc1. The monoisotopic (exact) mass is 210 g/mol. The van der Waals surface area contributed by atoms with Crippen LogP contribution in [-0.2, 0) is 4.79 Å². The number of aromatic nitrogens is 2. The lowest BCUT2D eigenvalue weighted by atomic mass is 10.5. The topological polar surface area (TPSA) is 76.1 Å². The van der Waals surface area contributed by atoms with E-state index in [1.54, 1.807) is 19.5 Å². The van der Waals surface area contributed by atoms with Crippen molar-refractivity contribution < 1.29 is 9.53 Å². The number of amides is 1. The van der Waals surface area contributed by atoms with Crippen LogP contribution in [0.25, 0.3) is 0 Å². The summed E-state index contributed by atoms with van der Waals surface area (Å²) in [6, 6.07) is 0. The van der Waals surface area contributed by atoms with Gasteiger partial charge in [0.2, 0.25) is 11.9 Å². The lowest BCUT2D eigenvalue weighted by molar-refractivity contribution is -0.118. The number of carbonyl (C=O) groups excluding carboxylic acids is 1. The number of carbonyl (C=O) groups is 1. The summed E-state index contributed by atoms with van der Waals surface area (Å²) in [6.45, 7) is 2.61. The van der Waals surface area contributed by atoms with E-state index in [9.17, 15) is 4.79 Å². The molecule has 1 aromatic heterocycles. The van der Waals surface area contributed by atoms with Crippen molar-refractivity contribution in [2.24, 2.45) is 0 Å². The molecular weight excluding hydrogens is 196 g/mol. The summed E-state index contributed by atoms with van der Waals surface area (Å²) < 4.78 is 4.92. The molecule has 1 aromatic rings. The van der Waals surface area contributed by atoms with Gasteiger partial charge in [-0.25, -0.2) is 9.97 Å². The third-order valence-corrected chi connectivity index (χ3v) is 1.65. The van der Waals surface area contributed by atoms with Crippen LogP contribution in [0.15, 0.2) is 12.4 Å². The summed E-state index contributed by atoms with van der Waals surface area (Å²) >= 11 is 0. The minimum Gasteiger partial charge on any atom is -0.494 e. The molecule has 1 rings (SSSR count). The molecule has 0 aliphatic rings. The Balaban J connectivity index is 2.28. The first kappa shape index (κ1) is 11.2. The van der Waals surface area contributed by atoms with Crippen molar-refractivity contribution in [3.05, 3.63) is 12.4 Å². The van der Waals surface area contributed by atoms with Crippen LogP contribution in [-0.4, -0.2) is 36.1 Å². The van der Waals surface area contributed by atoms with Crippen LogP contribution in [0, 0.1) is 0 Å². The Bertz CT molecular complexity index is 312. The predicted molar refractivity (Wildman–Crippen MR) is 55.8 cm³/mol. The second-order valence-electron chi connectivity index (χ2n) is 2.86. The highest BCUT2D eigenvalue weighted by Crippen LogP contribution is 2.06. The molecule has 0 spiro atoms. The molecule has 0 aromatic carbocycles. The van der Waals surface area contributed by atoms with Gasteiger partial charge in [0.05, 0.1) is 19.5 Å². The van der Waals surface area contributed by atoms with Crippen LogP contribution >= 0.6 is 0 Å². The third-order valence-electron chi connectivity index (χ3n) is 1.65. The van der Waals surface area contributed by atoms with E-state index in [-0.39, 0.29) is 5.91 Å². The predicted octanol–water partition coefficient (Wildman–Crippen LogP) is 0.0332. The van der Waals surface area contributed by atoms with E-state index in [2.05, 4.69) is 20.6 Å². The van der Waals surface area contributed by atoms with E-state index >= 15 is 0 Å².